The standard InChI is InChI=1S/C11H17NO3/c1-15-11(14)12-7-3-6-9(12)10(13)8-4-2-5-8/h8-9H,2-7H2,1H3. The minimum absolute atomic E-state index is 0.206. The lowest BCUT2D eigenvalue weighted by atomic mass is 9.79. The molecule has 0 aromatic heterocycles. The number of methoxy groups -OCH3 is 1. The first-order valence-corrected chi connectivity index (χ1v) is 5.62. The predicted octanol–water partition coefficient (Wildman–Crippen LogP) is 1.59. The van der Waals surface area contributed by atoms with Crippen LogP contribution in [0.5, 0.6) is 0 Å². The van der Waals surface area contributed by atoms with Gasteiger partial charge in [0.05, 0.1) is 13.2 Å². The summed E-state index contributed by atoms with van der Waals surface area (Å²) in [5.41, 5.74) is 0. The van der Waals surface area contributed by atoms with Crippen LogP contribution in [0, 0.1) is 5.92 Å². The molecular formula is C11H17NO3. The summed E-state index contributed by atoms with van der Waals surface area (Å²) in [6.07, 6.45) is 4.53. The van der Waals surface area contributed by atoms with Crippen molar-refractivity contribution in [3.8, 4) is 0 Å². The lowest BCUT2D eigenvalue weighted by Crippen LogP contribution is -2.44. The second-order valence-corrected chi connectivity index (χ2v) is 4.35. The van der Waals surface area contributed by atoms with Crippen LogP contribution in [0.15, 0.2) is 0 Å². The molecule has 0 radical (unpaired) electrons. The van der Waals surface area contributed by atoms with Crippen molar-refractivity contribution in [2.75, 3.05) is 13.7 Å². The molecule has 2 rings (SSSR count). The fourth-order valence-corrected chi connectivity index (χ4v) is 2.36. The van der Waals surface area contributed by atoms with Crippen LogP contribution in [0.3, 0.4) is 0 Å². The van der Waals surface area contributed by atoms with E-state index in [9.17, 15) is 9.59 Å². The third-order valence-electron chi connectivity index (χ3n) is 3.50. The average Bonchev–Trinajstić information content (AvgIpc) is 2.62. The smallest absolute Gasteiger partial charge is 0.410 e. The molecule has 4 heteroatoms. The Morgan fingerprint density at radius 1 is 1.20 bits per heavy atom. The molecule has 1 aliphatic heterocycles. The Bertz CT molecular complexity index is 273. The van der Waals surface area contributed by atoms with Crippen LogP contribution in [0.25, 0.3) is 0 Å². The van der Waals surface area contributed by atoms with Gasteiger partial charge in [0.1, 0.15) is 0 Å². The van der Waals surface area contributed by atoms with Gasteiger partial charge in [0, 0.05) is 12.5 Å². The van der Waals surface area contributed by atoms with Crippen LogP contribution in [0.1, 0.15) is 32.1 Å². The maximum Gasteiger partial charge on any atom is 0.410 e. The monoisotopic (exact) mass is 211 g/mol. The van der Waals surface area contributed by atoms with Gasteiger partial charge >= 0.3 is 6.09 Å². The van der Waals surface area contributed by atoms with Crippen molar-refractivity contribution in [3.05, 3.63) is 0 Å². The highest BCUT2D eigenvalue weighted by atomic mass is 16.5. The van der Waals surface area contributed by atoms with E-state index in [-0.39, 0.29) is 23.8 Å². The van der Waals surface area contributed by atoms with E-state index in [0.29, 0.717) is 6.54 Å². The number of carbonyl (C=O) groups excluding carboxylic acids is 2. The van der Waals surface area contributed by atoms with Crippen molar-refractivity contribution in [2.45, 2.75) is 38.1 Å². The van der Waals surface area contributed by atoms with Crippen molar-refractivity contribution < 1.29 is 14.3 Å². The molecule has 1 amide bonds. The van der Waals surface area contributed by atoms with Crippen LogP contribution in [0.4, 0.5) is 4.79 Å². The molecule has 1 saturated carbocycles. The number of ether oxygens (including phenoxy) is 1. The van der Waals surface area contributed by atoms with Crippen LogP contribution >= 0.6 is 0 Å². The summed E-state index contributed by atoms with van der Waals surface area (Å²) < 4.78 is 4.68. The van der Waals surface area contributed by atoms with Crippen molar-refractivity contribution >= 4 is 11.9 Å². The molecule has 0 N–H and O–H groups in total. The molecule has 1 heterocycles. The van der Waals surface area contributed by atoms with Crippen LogP contribution < -0.4 is 0 Å². The molecule has 0 spiro atoms. The summed E-state index contributed by atoms with van der Waals surface area (Å²) in [5, 5.41) is 0. The number of hydrogen-bond acceptors (Lipinski definition) is 3. The molecular weight excluding hydrogens is 194 g/mol. The SMILES string of the molecule is COC(=O)N1CCCC1C(=O)C1CCC1. The number of ketones is 1. The van der Waals surface area contributed by atoms with Gasteiger partial charge in [0.2, 0.25) is 0 Å². The Morgan fingerprint density at radius 3 is 2.47 bits per heavy atom. The van der Waals surface area contributed by atoms with E-state index in [1.54, 1.807) is 4.90 Å². The first-order valence-electron chi connectivity index (χ1n) is 5.62. The van der Waals surface area contributed by atoms with Gasteiger partial charge in [-0.25, -0.2) is 4.79 Å². The largest absolute Gasteiger partial charge is 0.453 e. The molecule has 2 fully saturated rings. The number of rotatable bonds is 2. The molecule has 0 aromatic rings. The van der Waals surface area contributed by atoms with Crippen molar-refractivity contribution in [1.29, 1.82) is 0 Å². The number of Topliss-reactive ketones (excluding diaryl/α,β-unsaturated/α-hetero) is 1. The lowest BCUT2D eigenvalue weighted by Gasteiger charge is -2.30. The number of hydrogen-bond donors (Lipinski definition) is 0. The van der Waals surface area contributed by atoms with Gasteiger partial charge in [-0.3, -0.25) is 9.69 Å². The third kappa shape index (κ3) is 1.85. The second-order valence-electron chi connectivity index (χ2n) is 4.35. The Labute approximate surface area is 89.6 Å². The zero-order valence-corrected chi connectivity index (χ0v) is 9.07. The number of likely N-dealkylation sites (tertiary alicyclic amines) is 1. The van der Waals surface area contributed by atoms with Gasteiger partial charge in [-0.15, -0.1) is 0 Å². The van der Waals surface area contributed by atoms with Crippen LogP contribution in [-0.2, 0) is 9.53 Å². The molecule has 1 unspecified atom stereocenters. The minimum atomic E-state index is -0.356. The van der Waals surface area contributed by atoms with E-state index in [0.717, 1.165) is 32.1 Å². The molecule has 0 bridgehead atoms. The quantitative estimate of drug-likeness (QED) is 0.696. The Morgan fingerprint density at radius 2 is 1.93 bits per heavy atom. The highest BCUT2D eigenvalue weighted by Crippen LogP contribution is 2.32. The van der Waals surface area contributed by atoms with Crippen molar-refractivity contribution in [3.63, 3.8) is 0 Å². The van der Waals surface area contributed by atoms with E-state index < -0.39 is 0 Å². The summed E-state index contributed by atoms with van der Waals surface area (Å²) in [6, 6.07) is -0.206. The van der Waals surface area contributed by atoms with Crippen molar-refractivity contribution in [2.24, 2.45) is 5.92 Å². The normalized spacial score (nSPS) is 26.2. The van der Waals surface area contributed by atoms with Crippen molar-refractivity contribution in [1.82, 2.24) is 4.90 Å². The summed E-state index contributed by atoms with van der Waals surface area (Å²) >= 11 is 0. The van der Waals surface area contributed by atoms with Gasteiger partial charge in [0.25, 0.3) is 0 Å². The predicted molar refractivity (Wildman–Crippen MR) is 54.5 cm³/mol. The summed E-state index contributed by atoms with van der Waals surface area (Å²) in [4.78, 5) is 25.0. The van der Waals surface area contributed by atoms with Gasteiger partial charge in [-0.05, 0) is 25.7 Å². The first-order chi connectivity index (χ1) is 7.24. The maximum atomic E-state index is 12.0. The van der Waals surface area contributed by atoms with E-state index in [2.05, 4.69) is 4.74 Å². The molecule has 0 aromatic carbocycles. The molecule has 84 valence electrons. The van der Waals surface area contributed by atoms with Gasteiger partial charge in [0.15, 0.2) is 5.78 Å². The first kappa shape index (κ1) is 10.5. The molecule has 15 heavy (non-hydrogen) atoms. The van der Waals surface area contributed by atoms with Gasteiger partial charge < -0.3 is 4.74 Å². The summed E-state index contributed by atoms with van der Waals surface area (Å²) in [5.74, 6) is 0.462. The van der Waals surface area contributed by atoms with E-state index in [1.165, 1.54) is 7.11 Å². The average molecular weight is 211 g/mol. The Hall–Kier alpha value is -1.06. The highest BCUT2D eigenvalue weighted by molar-refractivity contribution is 5.90. The topological polar surface area (TPSA) is 46.6 Å². The molecule has 1 saturated heterocycles. The van der Waals surface area contributed by atoms with E-state index in [1.807, 2.05) is 0 Å². The van der Waals surface area contributed by atoms with E-state index in [4.69, 9.17) is 0 Å². The third-order valence-corrected chi connectivity index (χ3v) is 3.50. The highest BCUT2D eigenvalue weighted by Gasteiger charge is 2.39. The zero-order chi connectivity index (χ0) is 10.8. The molecule has 1 aliphatic carbocycles. The molecule has 4 nitrogen and oxygen atoms in total. The van der Waals surface area contributed by atoms with Crippen LogP contribution in [-0.4, -0.2) is 36.5 Å². The lowest BCUT2D eigenvalue weighted by molar-refractivity contribution is -0.129. The van der Waals surface area contributed by atoms with Gasteiger partial charge in [-0.1, -0.05) is 6.42 Å². The summed E-state index contributed by atoms with van der Waals surface area (Å²) in [7, 11) is 1.37. The Balaban J connectivity index is 2.00. The second kappa shape index (κ2) is 4.21. The number of amides is 1. The minimum Gasteiger partial charge on any atom is -0.453 e. The fourth-order valence-electron chi connectivity index (χ4n) is 2.36. The zero-order valence-electron chi connectivity index (χ0n) is 9.07. The molecule has 1 atom stereocenters. The number of carbonyl (C=O) groups is 2. The number of nitrogens with zero attached hydrogens (tertiary/aromatic N) is 1. The van der Waals surface area contributed by atoms with E-state index >= 15 is 0 Å². The van der Waals surface area contributed by atoms with Gasteiger partial charge in [-0.2, -0.15) is 0 Å². The fraction of sp³-hybridized carbons (Fsp3) is 0.818. The summed E-state index contributed by atoms with van der Waals surface area (Å²) in [6.45, 7) is 0.663. The Kier molecular flexibility index (Phi) is 2.93. The molecule has 2 aliphatic rings. The van der Waals surface area contributed by atoms with Crippen LogP contribution in [0.2, 0.25) is 0 Å². The maximum absolute atomic E-state index is 12.0.